The Morgan fingerprint density at radius 3 is 2.67 bits per heavy atom. The molecular weight excluding hydrogens is 226 g/mol. The number of para-hydroxylation sites is 1. The molecule has 1 aromatic carbocycles. The molecule has 4 heteroatoms. The van der Waals surface area contributed by atoms with Crippen molar-refractivity contribution in [2.75, 3.05) is 18.4 Å². The minimum Gasteiger partial charge on any atom is -0.381 e. The van der Waals surface area contributed by atoms with Crippen LogP contribution in [-0.4, -0.2) is 29.9 Å². The summed E-state index contributed by atoms with van der Waals surface area (Å²) in [6.45, 7) is 3.20. The molecule has 0 bridgehead atoms. The van der Waals surface area contributed by atoms with Crippen LogP contribution in [0.5, 0.6) is 0 Å². The summed E-state index contributed by atoms with van der Waals surface area (Å²) >= 11 is 0. The summed E-state index contributed by atoms with van der Waals surface area (Å²) in [5.41, 5.74) is 1.56. The molecule has 1 saturated heterocycles. The van der Waals surface area contributed by atoms with Crippen molar-refractivity contribution >= 4 is 11.6 Å². The third kappa shape index (κ3) is 2.80. The number of likely N-dealkylation sites (tertiary alicyclic amines) is 1. The van der Waals surface area contributed by atoms with Gasteiger partial charge in [0.15, 0.2) is 0 Å². The summed E-state index contributed by atoms with van der Waals surface area (Å²) in [4.78, 5) is 13.1. The summed E-state index contributed by atoms with van der Waals surface area (Å²) in [7, 11) is 0. The highest BCUT2D eigenvalue weighted by atomic mass is 16.2. The second-order valence-electron chi connectivity index (χ2n) is 4.58. The molecule has 0 atom stereocenters. The number of anilines is 1. The average Bonchev–Trinajstić information content (AvgIpc) is 2.40. The van der Waals surface area contributed by atoms with Crippen LogP contribution in [0.15, 0.2) is 24.3 Å². The molecule has 4 nitrogen and oxygen atoms in total. The Hall–Kier alpha value is -2.02. The van der Waals surface area contributed by atoms with E-state index >= 15 is 0 Å². The number of benzene rings is 1. The molecule has 1 N–H and O–H groups in total. The number of amides is 1. The third-order valence-corrected chi connectivity index (χ3v) is 3.35. The Kier molecular flexibility index (Phi) is 3.83. The Morgan fingerprint density at radius 2 is 2.06 bits per heavy atom. The number of nitrogens with one attached hydrogen (secondary N) is 1. The highest BCUT2D eigenvalue weighted by Gasteiger charge is 2.20. The van der Waals surface area contributed by atoms with Crippen molar-refractivity contribution in [3.05, 3.63) is 29.8 Å². The minimum atomic E-state index is 0.144. The first-order valence-electron chi connectivity index (χ1n) is 6.22. The van der Waals surface area contributed by atoms with Gasteiger partial charge in [-0.15, -0.1) is 0 Å². The molecule has 1 aliphatic heterocycles. The SMILES string of the molecule is CC(=O)N1CCC(Nc2ccccc2C#N)CC1. The van der Waals surface area contributed by atoms with E-state index in [9.17, 15) is 4.79 Å². The van der Waals surface area contributed by atoms with Crippen LogP contribution in [0.2, 0.25) is 0 Å². The standard InChI is InChI=1S/C14H17N3O/c1-11(18)17-8-6-13(7-9-17)16-14-5-3-2-4-12(14)10-15/h2-5,13,16H,6-9H2,1H3. The van der Waals surface area contributed by atoms with E-state index < -0.39 is 0 Å². The van der Waals surface area contributed by atoms with Gasteiger partial charge in [-0.2, -0.15) is 5.26 Å². The van der Waals surface area contributed by atoms with E-state index in [4.69, 9.17) is 5.26 Å². The van der Waals surface area contributed by atoms with Crippen molar-refractivity contribution in [2.24, 2.45) is 0 Å². The minimum absolute atomic E-state index is 0.144. The molecule has 2 rings (SSSR count). The molecule has 1 aromatic rings. The monoisotopic (exact) mass is 243 g/mol. The van der Waals surface area contributed by atoms with Gasteiger partial charge in [0.25, 0.3) is 0 Å². The van der Waals surface area contributed by atoms with Crippen molar-refractivity contribution in [2.45, 2.75) is 25.8 Å². The summed E-state index contributed by atoms with van der Waals surface area (Å²) in [6.07, 6.45) is 1.86. The van der Waals surface area contributed by atoms with Gasteiger partial charge >= 0.3 is 0 Å². The van der Waals surface area contributed by atoms with Crippen molar-refractivity contribution in [1.29, 1.82) is 5.26 Å². The first kappa shape index (κ1) is 12.4. The molecule has 0 unspecified atom stereocenters. The van der Waals surface area contributed by atoms with Gasteiger partial charge < -0.3 is 10.2 Å². The number of hydrogen-bond donors (Lipinski definition) is 1. The van der Waals surface area contributed by atoms with Crippen LogP contribution < -0.4 is 5.32 Å². The van der Waals surface area contributed by atoms with E-state index in [-0.39, 0.29) is 5.91 Å². The quantitative estimate of drug-likeness (QED) is 0.864. The van der Waals surface area contributed by atoms with Gasteiger partial charge in [0, 0.05) is 26.1 Å². The Bertz CT molecular complexity index is 470. The zero-order valence-electron chi connectivity index (χ0n) is 10.5. The van der Waals surface area contributed by atoms with Crippen LogP contribution in [-0.2, 0) is 4.79 Å². The lowest BCUT2D eigenvalue weighted by molar-refractivity contribution is -0.129. The van der Waals surface area contributed by atoms with Gasteiger partial charge in [-0.1, -0.05) is 12.1 Å². The lowest BCUT2D eigenvalue weighted by atomic mass is 10.0. The number of nitrogens with zero attached hydrogens (tertiary/aromatic N) is 2. The maximum atomic E-state index is 11.2. The molecule has 94 valence electrons. The topological polar surface area (TPSA) is 56.1 Å². The molecule has 0 aliphatic carbocycles. The molecule has 1 amide bonds. The van der Waals surface area contributed by atoms with E-state index in [0.717, 1.165) is 31.6 Å². The Labute approximate surface area is 107 Å². The predicted octanol–water partition coefficient (Wildman–Crippen LogP) is 1.98. The van der Waals surface area contributed by atoms with Crippen molar-refractivity contribution < 1.29 is 4.79 Å². The molecule has 1 heterocycles. The Balaban J connectivity index is 1.96. The molecule has 0 saturated carbocycles. The second-order valence-corrected chi connectivity index (χ2v) is 4.58. The number of carbonyl (C=O) groups excluding carboxylic acids is 1. The molecule has 0 aromatic heterocycles. The summed E-state index contributed by atoms with van der Waals surface area (Å²) < 4.78 is 0. The van der Waals surface area contributed by atoms with E-state index in [1.807, 2.05) is 29.2 Å². The highest BCUT2D eigenvalue weighted by molar-refractivity contribution is 5.73. The zero-order valence-corrected chi connectivity index (χ0v) is 10.5. The van der Waals surface area contributed by atoms with Gasteiger partial charge in [-0.25, -0.2) is 0 Å². The molecule has 1 aliphatic rings. The lowest BCUT2D eigenvalue weighted by Crippen LogP contribution is -2.41. The van der Waals surface area contributed by atoms with E-state index in [2.05, 4.69) is 11.4 Å². The Morgan fingerprint density at radius 1 is 1.39 bits per heavy atom. The van der Waals surface area contributed by atoms with E-state index in [1.54, 1.807) is 6.92 Å². The maximum absolute atomic E-state index is 11.2. The highest BCUT2D eigenvalue weighted by Crippen LogP contribution is 2.19. The number of hydrogen-bond acceptors (Lipinski definition) is 3. The third-order valence-electron chi connectivity index (χ3n) is 3.35. The fraction of sp³-hybridized carbons (Fsp3) is 0.429. The van der Waals surface area contributed by atoms with Crippen molar-refractivity contribution in [3.63, 3.8) is 0 Å². The summed E-state index contributed by atoms with van der Waals surface area (Å²) in [5, 5.41) is 12.4. The molecule has 0 spiro atoms. The number of carbonyl (C=O) groups is 1. The van der Waals surface area contributed by atoms with Crippen LogP contribution in [0.3, 0.4) is 0 Å². The zero-order chi connectivity index (χ0) is 13.0. The summed E-state index contributed by atoms with van der Waals surface area (Å²) in [6, 6.07) is 10.1. The van der Waals surface area contributed by atoms with Crippen molar-refractivity contribution in [1.82, 2.24) is 4.90 Å². The van der Waals surface area contributed by atoms with Crippen LogP contribution in [0.4, 0.5) is 5.69 Å². The number of rotatable bonds is 2. The van der Waals surface area contributed by atoms with Gasteiger partial charge in [-0.05, 0) is 25.0 Å². The second kappa shape index (κ2) is 5.54. The molecular formula is C14H17N3O. The first-order chi connectivity index (χ1) is 8.70. The van der Waals surface area contributed by atoms with Crippen molar-refractivity contribution in [3.8, 4) is 6.07 Å². The first-order valence-corrected chi connectivity index (χ1v) is 6.22. The number of nitriles is 1. The largest absolute Gasteiger partial charge is 0.381 e. The predicted molar refractivity (Wildman–Crippen MR) is 70.1 cm³/mol. The summed E-state index contributed by atoms with van der Waals surface area (Å²) in [5.74, 6) is 0.144. The molecule has 0 radical (unpaired) electrons. The van der Waals surface area contributed by atoms with E-state index in [0.29, 0.717) is 11.6 Å². The van der Waals surface area contributed by atoms with Crippen LogP contribution in [0.1, 0.15) is 25.3 Å². The number of piperidine rings is 1. The van der Waals surface area contributed by atoms with Crippen LogP contribution in [0, 0.1) is 11.3 Å². The average molecular weight is 243 g/mol. The van der Waals surface area contributed by atoms with Gasteiger partial charge in [-0.3, -0.25) is 4.79 Å². The van der Waals surface area contributed by atoms with Gasteiger partial charge in [0.05, 0.1) is 11.3 Å². The van der Waals surface area contributed by atoms with Gasteiger partial charge in [0.1, 0.15) is 6.07 Å². The normalized spacial score (nSPS) is 16.1. The maximum Gasteiger partial charge on any atom is 0.219 e. The lowest BCUT2D eigenvalue weighted by Gasteiger charge is -2.32. The van der Waals surface area contributed by atoms with Crippen LogP contribution >= 0.6 is 0 Å². The molecule has 18 heavy (non-hydrogen) atoms. The van der Waals surface area contributed by atoms with Crippen LogP contribution in [0.25, 0.3) is 0 Å². The molecule has 1 fully saturated rings. The smallest absolute Gasteiger partial charge is 0.219 e. The van der Waals surface area contributed by atoms with E-state index in [1.165, 1.54) is 0 Å². The fourth-order valence-corrected chi connectivity index (χ4v) is 2.27. The fourth-order valence-electron chi connectivity index (χ4n) is 2.27. The van der Waals surface area contributed by atoms with Gasteiger partial charge in [0.2, 0.25) is 5.91 Å².